The first-order valence-electron chi connectivity index (χ1n) is 5.80. The van der Waals surface area contributed by atoms with Gasteiger partial charge < -0.3 is 10.6 Å². The molecular weight excluding hydrogens is 242 g/mol. The first kappa shape index (κ1) is 14.4. The van der Waals surface area contributed by atoms with Crippen molar-refractivity contribution in [3.05, 3.63) is 0 Å². The lowest BCUT2D eigenvalue weighted by molar-refractivity contribution is -0.134. The highest BCUT2D eigenvalue weighted by Gasteiger charge is 2.25. The van der Waals surface area contributed by atoms with Gasteiger partial charge in [-0.3, -0.25) is 4.79 Å². The summed E-state index contributed by atoms with van der Waals surface area (Å²) in [6, 6.07) is 0. The van der Waals surface area contributed by atoms with Crippen LogP contribution in [-0.2, 0) is 14.8 Å². The van der Waals surface area contributed by atoms with Crippen LogP contribution in [0.15, 0.2) is 0 Å². The summed E-state index contributed by atoms with van der Waals surface area (Å²) < 4.78 is 24.2. The van der Waals surface area contributed by atoms with Gasteiger partial charge in [-0.25, -0.2) is 12.7 Å². The van der Waals surface area contributed by atoms with E-state index in [1.807, 2.05) is 0 Å². The minimum absolute atomic E-state index is 0.0165. The lowest BCUT2D eigenvalue weighted by Gasteiger charge is -2.23. The second-order valence-electron chi connectivity index (χ2n) is 4.48. The highest BCUT2D eigenvalue weighted by Crippen LogP contribution is 2.09. The molecule has 0 aliphatic carbocycles. The largest absolute Gasteiger partial charge is 0.341 e. The zero-order valence-electron chi connectivity index (χ0n) is 10.4. The number of nitrogens with two attached hydrogens (primary N) is 1. The molecule has 1 aliphatic rings. The Morgan fingerprint density at radius 1 is 1.29 bits per heavy atom. The van der Waals surface area contributed by atoms with Crippen LogP contribution in [0, 0.1) is 5.92 Å². The monoisotopic (exact) mass is 263 g/mol. The Kier molecular flexibility index (Phi) is 4.91. The van der Waals surface area contributed by atoms with Crippen molar-refractivity contribution < 1.29 is 13.2 Å². The van der Waals surface area contributed by atoms with E-state index in [2.05, 4.69) is 0 Å². The number of sulfonamides is 1. The zero-order valence-corrected chi connectivity index (χ0v) is 11.2. The SMILES string of the molecule is CC(CN)C(=O)N1CCCN(S(C)(=O)=O)CC1. The van der Waals surface area contributed by atoms with E-state index in [1.54, 1.807) is 11.8 Å². The Hall–Kier alpha value is -0.660. The molecule has 0 saturated carbocycles. The van der Waals surface area contributed by atoms with Crippen molar-refractivity contribution in [1.82, 2.24) is 9.21 Å². The number of hydrogen-bond acceptors (Lipinski definition) is 4. The summed E-state index contributed by atoms with van der Waals surface area (Å²) in [4.78, 5) is 13.6. The number of hydrogen-bond donors (Lipinski definition) is 1. The van der Waals surface area contributed by atoms with E-state index >= 15 is 0 Å². The van der Waals surface area contributed by atoms with Crippen LogP contribution in [0.4, 0.5) is 0 Å². The van der Waals surface area contributed by atoms with Gasteiger partial charge in [0.15, 0.2) is 0 Å². The molecule has 1 amide bonds. The van der Waals surface area contributed by atoms with E-state index in [1.165, 1.54) is 10.6 Å². The fourth-order valence-electron chi connectivity index (χ4n) is 1.86. The molecule has 1 saturated heterocycles. The number of amides is 1. The predicted octanol–water partition coefficient (Wildman–Crippen LogP) is -0.925. The number of rotatable bonds is 3. The van der Waals surface area contributed by atoms with Gasteiger partial charge in [-0.2, -0.15) is 0 Å². The van der Waals surface area contributed by atoms with Crippen LogP contribution >= 0.6 is 0 Å². The van der Waals surface area contributed by atoms with Crippen LogP contribution in [0.25, 0.3) is 0 Å². The van der Waals surface area contributed by atoms with Gasteiger partial charge in [0.25, 0.3) is 0 Å². The molecule has 1 aliphatic heterocycles. The van der Waals surface area contributed by atoms with Crippen LogP contribution in [-0.4, -0.2) is 62.5 Å². The highest BCUT2D eigenvalue weighted by molar-refractivity contribution is 7.88. The molecule has 0 spiro atoms. The summed E-state index contributed by atoms with van der Waals surface area (Å²) in [7, 11) is -3.15. The van der Waals surface area contributed by atoms with Gasteiger partial charge in [0, 0.05) is 38.6 Å². The van der Waals surface area contributed by atoms with Crippen LogP contribution in [0.3, 0.4) is 0 Å². The van der Waals surface area contributed by atoms with Gasteiger partial charge in [-0.05, 0) is 6.42 Å². The summed E-state index contributed by atoms with van der Waals surface area (Å²) in [5.74, 6) is -0.178. The molecule has 6 nitrogen and oxygen atoms in total. The molecular formula is C10H21N3O3S. The van der Waals surface area contributed by atoms with Crippen molar-refractivity contribution in [2.24, 2.45) is 11.7 Å². The molecule has 1 fully saturated rings. The predicted molar refractivity (Wildman–Crippen MR) is 65.8 cm³/mol. The number of carbonyl (C=O) groups excluding carboxylic acids is 1. The minimum Gasteiger partial charge on any atom is -0.341 e. The van der Waals surface area contributed by atoms with E-state index in [-0.39, 0.29) is 11.8 Å². The summed E-state index contributed by atoms with van der Waals surface area (Å²) in [6.45, 7) is 4.04. The summed E-state index contributed by atoms with van der Waals surface area (Å²) in [5, 5.41) is 0. The van der Waals surface area contributed by atoms with Gasteiger partial charge in [0.2, 0.25) is 15.9 Å². The van der Waals surface area contributed by atoms with Crippen molar-refractivity contribution in [1.29, 1.82) is 0 Å². The second kappa shape index (κ2) is 5.79. The molecule has 2 N–H and O–H groups in total. The van der Waals surface area contributed by atoms with E-state index in [0.29, 0.717) is 39.1 Å². The van der Waals surface area contributed by atoms with Crippen LogP contribution in [0.1, 0.15) is 13.3 Å². The Bertz CT molecular complexity index is 369. The van der Waals surface area contributed by atoms with Gasteiger partial charge in [0.05, 0.1) is 6.26 Å². The Morgan fingerprint density at radius 3 is 2.47 bits per heavy atom. The Balaban J connectivity index is 2.62. The molecule has 0 aromatic heterocycles. The summed E-state index contributed by atoms with van der Waals surface area (Å²) in [5.41, 5.74) is 5.46. The average molecular weight is 263 g/mol. The van der Waals surface area contributed by atoms with E-state index in [9.17, 15) is 13.2 Å². The number of carbonyl (C=O) groups is 1. The van der Waals surface area contributed by atoms with Gasteiger partial charge in [-0.1, -0.05) is 6.92 Å². The van der Waals surface area contributed by atoms with Crippen molar-refractivity contribution >= 4 is 15.9 Å². The van der Waals surface area contributed by atoms with E-state index < -0.39 is 10.0 Å². The van der Waals surface area contributed by atoms with E-state index in [4.69, 9.17) is 5.73 Å². The molecule has 7 heteroatoms. The molecule has 100 valence electrons. The summed E-state index contributed by atoms with van der Waals surface area (Å²) in [6.07, 6.45) is 1.88. The van der Waals surface area contributed by atoms with Gasteiger partial charge >= 0.3 is 0 Å². The standard InChI is InChI=1S/C10H21N3O3S/c1-9(8-11)10(14)12-4-3-5-13(7-6-12)17(2,15)16/h9H,3-8,11H2,1-2H3. The fraction of sp³-hybridized carbons (Fsp3) is 0.900. The highest BCUT2D eigenvalue weighted by atomic mass is 32.2. The van der Waals surface area contributed by atoms with Crippen LogP contribution in [0.2, 0.25) is 0 Å². The third kappa shape index (κ3) is 3.93. The molecule has 1 unspecified atom stereocenters. The molecule has 1 heterocycles. The third-order valence-electron chi connectivity index (χ3n) is 3.01. The maximum atomic E-state index is 11.9. The van der Waals surface area contributed by atoms with Gasteiger partial charge in [-0.15, -0.1) is 0 Å². The maximum Gasteiger partial charge on any atom is 0.226 e. The molecule has 0 bridgehead atoms. The Morgan fingerprint density at radius 2 is 1.94 bits per heavy atom. The van der Waals surface area contributed by atoms with Crippen molar-refractivity contribution in [3.8, 4) is 0 Å². The lowest BCUT2D eigenvalue weighted by Crippen LogP contribution is -2.40. The molecule has 0 aromatic carbocycles. The Labute approximate surface area is 103 Å². The molecule has 1 atom stereocenters. The molecule has 0 radical (unpaired) electrons. The fourth-order valence-corrected chi connectivity index (χ4v) is 2.73. The average Bonchev–Trinajstić information content (AvgIpc) is 2.51. The van der Waals surface area contributed by atoms with E-state index in [0.717, 1.165) is 0 Å². The second-order valence-corrected chi connectivity index (χ2v) is 6.46. The van der Waals surface area contributed by atoms with Crippen molar-refractivity contribution in [2.45, 2.75) is 13.3 Å². The third-order valence-corrected chi connectivity index (χ3v) is 4.31. The molecule has 1 rings (SSSR count). The quantitative estimate of drug-likeness (QED) is 0.713. The van der Waals surface area contributed by atoms with Crippen LogP contribution in [0.5, 0.6) is 0 Å². The normalized spacial score (nSPS) is 21.0. The first-order chi connectivity index (χ1) is 7.86. The maximum absolute atomic E-state index is 11.9. The smallest absolute Gasteiger partial charge is 0.226 e. The minimum atomic E-state index is -3.15. The first-order valence-corrected chi connectivity index (χ1v) is 7.65. The number of nitrogens with zero attached hydrogens (tertiary/aromatic N) is 2. The summed E-state index contributed by atoms with van der Waals surface area (Å²) >= 11 is 0. The van der Waals surface area contributed by atoms with Gasteiger partial charge in [0.1, 0.15) is 0 Å². The molecule has 0 aromatic rings. The van der Waals surface area contributed by atoms with Crippen LogP contribution < -0.4 is 5.73 Å². The topological polar surface area (TPSA) is 83.7 Å². The lowest BCUT2D eigenvalue weighted by atomic mass is 10.1. The molecule has 17 heavy (non-hydrogen) atoms. The van der Waals surface area contributed by atoms with Crippen molar-refractivity contribution in [2.75, 3.05) is 39.0 Å². The zero-order chi connectivity index (χ0) is 13.1. The van der Waals surface area contributed by atoms with Crippen molar-refractivity contribution in [3.63, 3.8) is 0 Å².